The standard InChI is InChI=1S/C5H13N3O/c1-2-3-9-4-8-5(6)7/h2-4H2,1H3,(H4,6,7,8). The fourth-order valence-electron chi connectivity index (χ4n) is 0.329. The van der Waals surface area contributed by atoms with E-state index in [1.54, 1.807) is 0 Å². The van der Waals surface area contributed by atoms with Crippen molar-refractivity contribution in [2.75, 3.05) is 13.3 Å². The molecule has 0 saturated carbocycles. The maximum atomic E-state index is 5.02. The molecule has 0 aromatic carbocycles. The molecule has 0 aliphatic rings. The molecule has 0 fully saturated rings. The lowest BCUT2D eigenvalue weighted by molar-refractivity contribution is 0.143. The van der Waals surface area contributed by atoms with Crippen LogP contribution in [0.15, 0.2) is 4.99 Å². The summed E-state index contributed by atoms with van der Waals surface area (Å²) in [6.07, 6.45) is 0.986. The Morgan fingerprint density at radius 2 is 2.22 bits per heavy atom. The summed E-state index contributed by atoms with van der Waals surface area (Å²) >= 11 is 0. The van der Waals surface area contributed by atoms with E-state index in [0.29, 0.717) is 6.61 Å². The Morgan fingerprint density at radius 1 is 1.56 bits per heavy atom. The maximum Gasteiger partial charge on any atom is 0.188 e. The second-order valence-corrected chi connectivity index (χ2v) is 1.62. The molecule has 0 heterocycles. The van der Waals surface area contributed by atoms with Gasteiger partial charge in [-0.1, -0.05) is 6.92 Å². The van der Waals surface area contributed by atoms with E-state index in [4.69, 9.17) is 16.2 Å². The molecule has 0 aromatic rings. The minimum absolute atomic E-state index is 0.0751. The molecule has 0 radical (unpaired) electrons. The number of ether oxygens (including phenoxy) is 1. The van der Waals surface area contributed by atoms with Crippen LogP contribution in [0.5, 0.6) is 0 Å². The Balaban J connectivity index is 3.00. The summed E-state index contributed by atoms with van der Waals surface area (Å²) < 4.78 is 4.95. The van der Waals surface area contributed by atoms with E-state index < -0.39 is 0 Å². The number of rotatable bonds is 4. The average Bonchev–Trinajstić information content (AvgIpc) is 1.80. The molecular weight excluding hydrogens is 118 g/mol. The highest BCUT2D eigenvalue weighted by Gasteiger charge is 1.80. The van der Waals surface area contributed by atoms with Gasteiger partial charge in [0.25, 0.3) is 0 Å². The topological polar surface area (TPSA) is 73.6 Å². The van der Waals surface area contributed by atoms with Crippen molar-refractivity contribution in [2.24, 2.45) is 16.5 Å². The number of guanidine groups is 1. The number of nitrogens with two attached hydrogens (primary N) is 2. The lowest BCUT2D eigenvalue weighted by atomic mass is 10.5. The van der Waals surface area contributed by atoms with Gasteiger partial charge in [-0.25, -0.2) is 4.99 Å². The molecule has 0 atom stereocenters. The highest BCUT2D eigenvalue weighted by atomic mass is 16.5. The van der Waals surface area contributed by atoms with Crippen molar-refractivity contribution in [1.82, 2.24) is 0 Å². The third-order valence-corrected chi connectivity index (χ3v) is 0.687. The van der Waals surface area contributed by atoms with E-state index in [9.17, 15) is 0 Å². The molecule has 0 rings (SSSR count). The molecule has 0 aromatic heterocycles. The first-order chi connectivity index (χ1) is 4.27. The molecule has 0 saturated heterocycles. The number of hydrogen-bond donors (Lipinski definition) is 2. The van der Waals surface area contributed by atoms with Crippen LogP contribution in [0, 0.1) is 0 Å². The predicted octanol–water partition coefficient (Wildman–Crippen LogP) is -0.356. The largest absolute Gasteiger partial charge is 0.370 e. The summed E-state index contributed by atoms with van der Waals surface area (Å²) in [6, 6.07) is 0. The molecule has 0 amide bonds. The van der Waals surface area contributed by atoms with E-state index in [2.05, 4.69) is 4.99 Å². The van der Waals surface area contributed by atoms with Crippen molar-refractivity contribution in [3.63, 3.8) is 0 Å². The SMILES string of the molecule is CCCOCN=C(N)N. The third kappa shape index (κ3) is 7.23. The first kappa shape index (κ1) is 8.23. The Bertz CT molecular complexity index is 88.2. The third-order valence-electron chi connectivity index (χ3n) is 0.687. The van der Waals surface area contributed by atoms with E-state index in [1.165, 1.54) is 0 Å². The van der Waals surface area contributed by atoms with Gasteiger partial charge < -0.3 is 16.2 Å². The van der Waals surface area contributed by atoms with Crippen molar-refractivity contribution in [2.45, 2.75) is 13.3 Å². The molecule has 0 unspecified atom stereocenters. The zero-order valence-corrected chi connectivity index (χ0v) is 5.63. The molecule has 4 nitrogen and oxygen atoms in total. The lowest BCUT2D eigenvalue weighted by Gasteiger charge is -1.95. The van der Waals surface area contributed by atoms with Crippen LogP contribution < -0.4 is 11.5 Å². The second-order valence-electron chi connectivity index (χ2n) is 1.62. The van der Waals surface area contributed by atoms with Gasteiger partial charge in [0.05, 0.1) is 0 Å². The average molecular weight is 131 g/mol. The monoisotopic (exact) mass is 131 g/mol. The summed E-state index contributed by atoms with van der Waals surface area (Å²) in [5.74, 6) is 0.0751. The molecular formula is C5H13N3O. The molecule has 9 heavy (non-hydrogen) atoms. The maximum absolute atomic E-state index is 5.02. The summed E-state index contributed by atoms with van der Waals surface area (Å²) in [6.45, 7) is 3.00. The highest BCUT2D eigenvalue weighted by molar-refractivity contribution is 5.75. The van der Waals surface area contributed by atoms with Gasteiger partial charge in [-0.3, -0.25) is 0 Å². The molecule has 0 aliphatic heterocycles. The second kappa shape index (κ2) is 5.37. The van der Waals surface area contributed by atoms with E-state index in [-0.39, 0.29) is 12.7 Å². The summed E-state index contributed by atoms with van der Waals surface area (Å²) in [5.41, 5.74) is 10.0. The van der Waals surface area contributed by atoms with Crippen LogP contribution in [0.4, 0.5) is 0 Å². The minimum Gasteiger partial charge on any atom is -0.370 e. The number of nitrogens with zero attached hydrogens (tertiary/aromatic N) is 1. The van der Waals surface area contributed by atoms with Crippen LogP contribution >= 0.6 is 0 Å². The zero-order chi connectivity index (χ0) is 7.11. The van der Waals surface area contributed by atoms with Crippen LogP contribution in [0.3, 0.4) is 0 Å². The first-order valence-corrected chi connectivity index (χ1v) is 2.90. The Hall–Kier alpha value is -0.770. The fraction of sp³-hybridized carbons (Fsp3) is 0.800. The quantitative estimate of drug-likeness (QED) is 0.311. The summed E-state index contributed by atoms with van der Waals surface area (Å²) in [7, 11) is 0. The van der Waals surface area contributed by atoms with Crippen LogP contribution in [-0.4, -0.2) is 19.3 Å². The van der Waals surface area contributed by atoms with Crippen molar-refractivity contribution >= 4 is 5.96 Å². The Morgan fingerprint density at radius 3 is 2.67 bits per heavy atom. The summed E-state index contributed by atoms with van der Waals surface area (Å²) in [5, 5.41) is 0. The van der Waals surface area contributed by atoms with Gasteiger partial charge in [0.1, 0.15) is 6.73 Å². The smallest absolute Gasteiger partial charge is 0.188 e. The Kier molecular flexibility index (Phi) is 4.91. The molecule has 0 bridgehead atoms. The Labute approximate surface area is 54.9 Å². The van der Waals surface area contributed by atoms with Crippen LogP contribution in [0.2, 0.25) is 0 Å². The van der Waals surface area contributed by atoms with Gasteiger partial charge in [0.15, 0.2) is 5.96 Å². The molecule has 0 spiro atoms. The minimum atomic E-state index is 0.0751. The normalized spacial score (nSPS) is 9.00. The fourth-order valence-corrected chi connectivity index (χ4v) is 0.329. The van der Waals surface area contributed by atoms with Gasteiger partial charge >= 0.3 is 0 Å². The number of aliphatic imine (C=N–C) groups is 1. The first-order valence-electron chi connectivity index (χ1n) is 2.90. The molecule has 4 N–H and O–H groups in total. The van der Waals surface area contributed by atoms with E-state index in [0.717, 1.165) is 6.42 Å². The predicted molar refractivity (Wildman–Crippen MR) is 36.9 cm³/mol. The van der Waals surface area contributed by atoms with Gasteiger partial charge in [-0.15, -0.1) is 0 Å². The van der Waals surface area contributed by atoms with Crippen LogP contribution in [-0.2, 0) is 4.74 Å². The highest BCUT2D eigenvalue weighted by Crippen LogP contribution is 1.78. The van der Waals surface area contributed by atoms with E-state index in [1.807, 2.05) is 6.92 Å². The molecule has 0 aliphatic carbocycles. The van der Waals surface area contributed by atoms with Gasteiger partial charge in [-0.2, -0.15) is 0 Å². The van der Waals surface area contributed by atoms with Gasteiger partial charge in [0, 0.05) is 6.61 Å². The van der Waals surface area contributed by atoms with Crippen molar-refractivity contribution in [3.05, 3.63) is 0 Å². The van der Waals surface area contributed by atoms with Crippen molar-refractivity contribution < 1.29 is 4.74 Å². The molecule has 4 heteroatoms. The van der Waals surface area contributed by atoms with Crippen molar-refractivity contribution in [1.29, 1.82) is 0 Å². The van der Waals surface area contributed by atoms with Crippen LogP contribution in [0.1, 0.15) is 13.3 Å². The molecule has 54 valence electrons. The van der Waals surface area contributed by atoms with Crippen LogP contribution in [0.25, 0.3) is 0 Å². The van der Waals surface area contributed by atoms with E-state index >= 15 is 0 Å². The lowest BCUT2D eigenvalue weighted by Crippen LogP contribution is -2.23. The summed E-state index contributed by atoms with van der Waals surface area (Å²) in [4.78, 5) is 3.61. The van der Waals surface area contributed by atoms with Gasteiger partial charge in [0.2, 0.25) is 0 Å². The zero-order valence-electron chi connectivity index (χ0n) is 5.63. The van der Waals surface area contributed by atoms with Gasteiger partial charge in [-0.05, 0) is 6.42 Å². The number of hydrogen-bond acceptors (Lipinski definition) is 2. The van der Waals surface area contributed by atoms with Crippen molar-refractivity contribution in [3.8, 4) is 0 Å².